The SMILES string of the molecule is COCCn1c(=NC(=O)c2ccc3c(c2)CCCC3)sc2cccc(F)c21. The summed E-state index contributed by atoms with van der Waals surface area (Å²) in [6.07, 6.45) is 4.46. The Morgan fingerprint density at radius 3 is 2.85 bits per heavy atom. The number of hydrogen-bond acceptors (Lipinski definition) is 3. The molecule has 6 heteroatoms. The van der Waals surface area contributed by atoms with Gasteiger partial charge in [-0.05, 0) is 61.1 Å². The summed E-state index contributed by atoms with van der Waals surface area (Å²) in [7, 11) is 1.60. The van der Waals surface area contributed by atoms with Gasteiger partial charge in [-0.1, -0.05) is 23.5 Å². The maximum atomic E-state index is 14.4. The van der Waals surface area contributed by atoms with Gasteiger partial charge in [0.1, 0.15) is 5.82 Å². The summed E-state index contributed by atoms with van der Waals surface area (Å²) in [5, 5.41) is 0. The van der Waals surface area contributed by atoms with Crippen LogP contribution in [0.5, 0.6) is 0 Å². The van der Waals surface area contributed by atoms with Gasteiger partial charge in [0, 0.05) is 19.2 Å². The summed E-state index contributed by atoms with van der Waals surface area (Å²) in [4.78, 5) is 17.6. The average molecular weight is 384 g/mol. The van der Waals surface area contributed by atoms with Crippen LogP contribution in [-0.4, -0.2) is 24.2 Å². The lowest BCUT2D eigenvalue weighted by Crippen LogP contribution is -2.20. The van der Waals surface area contributed by atoms with Gasteiger partial charge in [-0.2, -0.15) is 4.99 Å². The molecular weight excluding hydrogens is 363 g/mol. The number of halogens is 1. The van der Waals surface area contributed by atoms with Crippen LogP contribution in [0.1, 0.15) is 34.3 Å². The van der Waals surface area contributed by atoms with Crippen LogP contribution in [0.3, 0.4) is 0 Å². The number of carbonyl (C=O) groups is 1. The smallest absolute Gasteiger partial charge is 0.279 e. The quantitative estimate of drug-likeness (QED) is 0.679. The maximum Gasteiger partial charge on any atom is 0.279 e. The van der Waals surface area contributed by atoms with Crippen LogP contribution in [0.4, 0.5) is 4.39 Å². The second-order valence-corrected chi connectivity index (χ2v) is 7.73. The maximum absolute atomic E-state index is 14.4. The van der Waals surface area contributed by atoms with E-state index in [1.54, 1.807) is 17.7 Å². The summed E-state index contributed by atoms with van der Waals surface area (Å²) in [5.74, 6) is -0.607. The number of aryl methyl sites for hydroxylation is 2. The van der Waals surface area contributed by atoms with E-state index in [0.29, 0.717) is 29.0 Å². The minimum Gasteiger partial charge on any atom is -0.383 e. The third kappa shape index (κ3) is 3.59. The molecule has 1 aliphatic rings. The van der Waals surface area contributed by atoms with Crippen molar-refractivity contribution < 1.29 is 13.9 Å². The van der Waals surface area contributed by atoms with Gasteiger partial charge in [0.05, 0.1) is 16.8 Å². The van der Waals surface area contributed by atoms with Gasteiger partial charge >= 0.3 is 0 Å². The van der Waals surface area contributed by atoms with Crippen LogP contribution in [0.15, 0.2) is 41.4 Å². The van der Waals surface area contributed by atoms with Crippen LogP contribution < -0.4 is 4.80 Å². The zero-order valence-corrected chi connectivity index (χ0v) is 16.0. The third-order valence-corrected chi connectivity index (χ3v) is 6.01. The molecule has 0 radical (unpaired) electrons. The van der Waals surface area contributed by atoms with Crippen molar-refractivity contribution in [3.05, 3.63) is 63.7 Å². The van der Waals surface area contributed by atoms with Crippen LogP contribution in [-0.2, 0) is 24.1 Å². The molecule has 1 aliphatic carbocycles. The molecule has 0 bridgehead atoms. The molecule has 27 heavy (non-hydrogen) atoms. The number of nitrogens with zero attached hydrogens (tertiary/aromatic N) is 2. The highest BCUT2D eigenvalue weighted by atomic mass is 32.1. The van der Waals surface area contributed by atoms with Gasteiger partial charge in [-0.15, -0.1) is 0 Å². The zero-order chi connectivity index (χ0) is 18.8. The summed E-state index contributed by atoms with van der Waals surface area (Å²) in [6, 6.07) is 10.8. The second-order valence-electron chi connectivity index (χ2n) is 6.72. The van der Waals surface area contributed by atoms with Crippen molar-refractivity contribution in [2.75, 3.05) is 13.7 Å². The van der Waals surface area contributed by atoms with Crippen LogP contribution in [0.25, 0.3) is 10.2 Å². The number of hydrogen-bond donors (Lipinski definition) is 0. The van der Waals surface area contributed by atoms with Crippen LogP contribution in [0.2, 0.25) is 0 Å². The van der Waals surface area contributed by atoms with Crippen LogP contribution in [0, 0.1) is 5.82 Å². The van der Waals surface area contributed by atoms with E-state index in [0.717, 1.165) is 24.0 Å². The Kier molecular flexibility index (Phi) is 5.18. The number of ether oxygens (including phenoxy) is 1. The number of benzene rings is 2. The van der Waals surface area contributed by atoms with Gasteiger partial charge in [-0.3, -0.25) is 4.79 Å². The van der Waals surface area contributed by atoms with Gasteiger partial charge < -0.3 is 9.30 Å². The van der Waals surface area contributed by atoms with Crippen molar-refractivity contribution in [3.63, 3.8) is 0 Å². The molecule has 0 unspecified atom stereocenters. The van der Waals surface area contributed by atoms with Crippen molar-refractivity contribution in [1.29, 1.82) is 0 Å². The molecule has 1 amide bonds. The Labute approximate surface area is 160 Å². The summed E-state index contributed by atoms with van der Waals surface area (Å²) in [5.41, 5.74) is 3.64. The molecule has 0 fully saturated rings. The first-order chi connectivity index (χ1) is 13.2. The fourth-order valence-corrected chi connectivity index (χ4v) is 4.65. The molecule has 4 nitrogen and oxygen atoms in total. The van der Waals surface area contributed by atoms with E-state index in [1.807, 2.05) is 24.3 Å². The third-order valence-electron chi connectivity index (χ3n) is 4.96. The van der Waals surface area contributed by atoms with Gasteiger partial charge in [0.15, 0.2) is 4.80 Å². The van der Waals surface area contributed by atoms with E-state index in [1.165, 1.54) is 35.0 Å². The summed E-state index contributed by atoms with van der Waals surface area (Å²) in [6.45, 7) is 0.855. The minimum absolute atomic E-state index is 0.290. The van der Waals surface area contributed by atoms with Gasteiger partial charge in [-0.25, -0.2) is 4.39 Å². The standard InChI is InChI=1S/C21H21FN2O2S/c1-26-12-11-24-19-17(22)7-4-8-18(19)27-21(24)23-20(25)16-10-9-14-5-2-3-6-15(14)13-16/h4,7-10,13H,2-3,5-6,11-12H2,1H3. The summed E-state index contributed by atoms with van der Waals surface area (Å²) >= 11 is 1.32. The van der Waals surface area contributed by atoms with Gasteiger partial charge in [0.25, 0.3) is 5.91 Å². The molecule has 1 aromatic heterocycles. The lowest BCUT2D eigenvalue weighted by atomic mass is 9.90. The largest absolute Gasteiger partial charge is 0.383 e. The highest BCUT2D eigenvalue weighted by Gasteiger charge is 2.15. The molecule has 4 rings (SSSR count). The highest BCUT2D eigenvalue weighted by molar-refractivity contribution is 7.16. The first kappa shape index (κ1) is 18.1. The highest BCUT2D eigenvalue weighted by Crippen LogP contribution is 2.23. The molecule has 0 saturated carbocycles. The molecule has 0 N–H and O–H groups in total. The lowest BCUT2D eigenvalue weighted by Gasteiger charge is -2.15. The molecule has 1 heterocycles. The average Bonchev–Trinajstić information content (AvgIpc) is 3.04. The molecular formula is C21H21FN2O2S. The molecule has 0 atom stereocenters. The molecule has 0 saturated heterocycles. The van der Waals surface area contributed by atoms with E-state index in [9.17, 15) is 9.18 Å². The molecule has 2 aromatic carbocycles. The fourth-order valence-electron chi connectivity index (χ4n) is 3.58. The van der Waals surface area contributed by atoms with Crippen molar-refractivity contribution in [2.24, 2.45) is 4.99 Å². The predicted octanol–water partition coefficient (Wildman–Crippen LogP) is 4.11. The lowest BCUT2D eigenvalue weighted by molar-refractivity contribution is 0.0997. The number of aromatic nitrogens is 1. The Morgan fingerprint density at radius 2 is 2.04 bits per heavy atom. The fraction of sp³-hybridized carbons (Fsp3) is 0.333. The minimum atomic E-state index is -0.317. The number of fused-ring (bicyclic) bond motifs is 2. The Hall–Kier alpha value is -2.31. The monoisotopic (exact) mass is 384 g/mol. The topological polar surface area (TPSA) is 43.6 Å². The number of methoxy groups -OCH3 is 1. The van der Waals surface area contributed by atoms with Crippen LogP contribution >= 0.6 is 11.3 Å². The Balaban J connectivity index is 1.77. The van der Waals surface area contributed by atoms with Crippen molar-refractivity contribution in [3.8, 4) is 0 Å². The number of carbonyl (C=O) groups excluding carboxylic acids is 1. The van der Waals surface area contributed by atoms with Crippen molar-refractivity contribution in [1.82, 2.24) is 4.57 Å². The molecule has 140 valence electrons. The van der Waals surface area contributed by atoms with E-state index in [-0.39, 0.29) is 11.7 Å². The Morgan fingerprint density at radius 1 is 1.22 bits per heavy atom. The van der Waals surface area contributed by atoms with E-state index in [2.05, 4.69) is 4.99 Å². The second kappa shape index (κ2) is 7.74. The molecule has 0 aliphatic heterocycles. The number of thiazole rings is 1. The predicted molar refractivity (Wildman–Crippen MR) is 105 cm³/mol. The number of amides is 1. The van der Waals surface area contributed by atoms with E-state index < -0.39 is 0 Å². The van der Waals surface area contributed by atoms with E-state index >= 15 is 0 Å². The number of para-hydroxylation sites is 1. The first-order valence-electron chi connectivity index (χ1n) is 9.15. The summed E-state index contributed by atoms with van der Waals surface area (Å²) < 4.78 is 22.0. The normalized spacial score (nSPS) is 14.5. The first-order valence-corrected chi connectivity index (χ1v) is 9.96. The van der Waals surface area contributed by atoms with Gasteiger partial charge in [0.2, 0.25) is 0 Å². The Bertz CT molecular complexity index is 1070. The van der Waals surface area contributed by atoms with E-state index in [4.69, 9.17) is 4.74 Å². The van der Waals surface area contributed by atoms with Crippen molar-refractivity contribution in [2.45, 2.75) is 32.2 Å². The molecule has 0 spiro atoms. The molecule has 3 aromatic rings. The number of rotatable bonds is 4. The zero-order valence-electron chi connectivity index (χ0n) is 15.2. The van der Waals surface area contributed by atoms with Crippen molar-refractivity contribution >= 4 is 27.5 Å².